The number of nitrogens with one attached hydrogen (secondary N) is 3. The number of halogens is 2. The van der Waals surface area contributed by atoms with E-state index in [1.807, 2.05) is 44.2 Å². The van der Waals surface area contributed by atoms with Gasteiger partial charge in [0.25, 0.3) is 0 Å². The van der Waals surface area contributed by atoms with Crippen molar-refractivity contribution < 1.29 is 9.18 Å². The standard InChI is InChI=1S/C21H27FN4O.HI/c1-3-6-20(27)26-19-11-9-16(10-12-19)14-24-21(23-4-2)25-15-17-7-5-8-18(22)13-17;/h5,7-13H,3-4,6,14-15H2,1-2H3,(H,26,27)(H2,23,24,25);1H. The van der Waals surface area contributed by atoms with E-state index in [9.17, 15) is 9.18 Å². The predicted molar refractivity (Wildman–Crippen MR) is 123 cm³/mol. The number of benzene rings is 2. The van der Waals surface area contributed by atoms with E-state index in [0.717, 1.165) is 29.8 Å². The molecule has 5 nitrogen and oxygen atoms in total. The van der Waals surface area contributed by atoms with Crippen LogP contribution in [0.4, 0.5) is 10.1 Å². The second-order valence-corrected chi connectivity index (χ2v) is 6.17. The minimum atomic E-state index is -0.258. The van der Waals surface area contributed by atoms with Crippen LogP contribution < -0.4 is 16.0 Å². The quantitative estimate of drug-likeness (QED) is 0.287. The van der Waals surface area contributed by atoms with E-state index in [1.54, 1.807) is 6.07 Å². The molecule has 0 unspecified atom stereocenters. The van der Waals surface area contributed by atoms with Gasteiger partial charge < -0.3 is 16.0 Å². The Kier molecular flexibility index (Phi) is 11.2. The summed E-state index contributed by atoms with van der Waals surface area (Å²) < 4.78 is 13.3. The van der Waals surface area contributed by atoms with Crippen LogP contribution in [0.15, 0.2) is 53.5 Å². The summed E-state index contributed by atoms with van der Waals surface area (Å²) in [5, 5.41) is 9.31. The molecule has 0 radical (unpaired) electrons. The highest BCUT2D eigenvalue weighted by molar-refractivity contribution is 14.0. The maximum atomic E-state index is 13.3. The fourth-order valence-corrected chi connectivity index (χ4v) is 2.49. The van der Waals surface area contributed by atoms with Gasteiger partial charge in [0.2, 0.25) is 5.91 Å². The molecule has 152 valence electrons. The molecule has 2 aromatic carbocycles. The van der Waals surface area contributed by atoms with Gasteiger partial charge in [-0.1, -0.05) is 31.2 Å². The van der Waals surface area contributed by atoms with Crippen LogP contribution in [0.3, 0.4) is 0 Å². The van der Waals surface area contributed by atoms with Crippen molar-refractivity contribution in [2.75, 3.05) is 11.9 Å². The van der Waals surface area contributed by atoms with Gasteiger partial charge in [-0.3, -0.25) is 4.79 Å². The summed E-state index contributed by atoms with van der Waals surface area (Å²) in [6.45, 7) is 5.70. The van der Waals surface area contributed by atoms with E-state index in [-0.39, 0.29) is 35.7 Å². The zero-order chi connectivity index (χ0) is 19.5. The van der Waals surface area contributed by atoms with Crippen LogP contribution in [0, 0.1) is 5.82 Å². The van der Waals surface area contributed by atoms with Crippen molar-refractivity contribution in [3.63, 3.8) is 0 Å². The van der Waals surface area contributed by atoms with Crippen molar-refractivity contribution in [2.45, 2.75) is 39.8 Å². The van der Waals surface area contributed by atoms with Crippen molar-refractivity contribution in [3.8, 4) is 0 Å². The first-order valence-corrected chi connectivity index (χ1v) is 9.26. The topological polar surface area (TPSA) is 65.5 Å². The van der Waals surface area contributed by atoms with Crippen LogP contribution in [0.25, 0.3) is 0 Å². The van der Waals surface area contributed by atoms with Gasteiger partial charge in [0, 0.05) is 25.2 Å². The van der Waals surface area contributed by atoms with Crippen molar-refractivity contribution in [1.82, 2.24) is 10.6 Å². The normalized spacial score (nSPS) is 10.8. The molecule has 0 heterocycles. The number of guanidine groups is 1. The summed E-state index contributed by atoms with van der Waals surface area (Å²) in [6, 6.07) is 14.1. The largest absolute Gasteiger partial charge is 0.357 e. The number of aliphatic imine (C=N–C) groups is 1. The molecule has 0 aromatic heterocycles. The van der Waals surface area contributed by atoms with E-state index in [2.05, 4.69) is 20.9 Å². The Morgan fingerprint density at radius 1 is 1.04 bits per heavy atom. The van der Waals surface area contributed by atoms with E-state index in [1.165, 1.54) is 12.1 Å². The molecule has 0 bridgehead atoms. The van der Waals surface area contributed by atoms with Gasteiger partial charge in [-0.25, -0.2) is 9.38 Å². The van der Waals surface area contributed by atoms with Crippen LogP contribution in [-0.2, 0) is 17.9 Å². The Morgan fingerprint density at radius 3 is 2.43 bits per heavy atom. The molecule has 0 aliphatic heterocycles. The molecule has 7 heteroatoms. The van der Waals surface area contributed by atoms with Crippen LogP contribution in [-0.4, -0.2) is 18.4 Å². The predicted octanol–water partition coefficient (Wildman–Crippen LogP) is 4.44. The van der Waals surface area contributed by atoms with E-state index >= 15 is 0 Å². The summed E-state index contributed by atoms with van der Waals surface area (Å²) in [5.74, 6) is 0.441. The van der Waals surface area contributed by atoms with Crippen LogP contribution >= 0.6 is 24.0 Å². The molecule has 2 rings (SSSR count). The Morgan fingerprint density at radius 2 is 1.79 bits per heavy atom. The van der Waals surface area contributed by atoms with Gasteiger partial charge in [-0.2, -0.15) is 0 Å². The Labute approximate surface area is 183 Å². The lowest BCUT2D eigenvalue weighted by Gasteiger charge is -2.12. The smallest absolute Gasteiger partial charge is 0.224 e. The molecule has 28 heavy (non-hydrogen) atoms. The molecule has 0 fully saturated rings. The Hall–Kier alpha value is -2.16. The zero-order valence-corrected chi connectivity index (χ0v) is 18.6. The third-order valence-corrected chi connectivity index (χ3v) is 3.83. The van der Waals surface area contributed by atoms with Gasteiger partial charge in [0.15, 0.2) is 5.96 Å². The maximum absolute atomic E-state index is 13.3. The number of amides is 1. The molecular weight excluding hydrogens is 470 g/mol. The summed E-state index contributed by atoms with van der Waals surface area (Å²) in [5.41, 5.74) is 2.68. The monoisotopic (exact) mass is 498 g/mol. The number of anilines is 1. The number of hydrogen-bond donors (Lipinski definition) is 3. The highest BCUT2D eigenvalue weighted by Crippen LogP contribution is 2.10. The highest BCUT2D eigenvalue weighted by atomic mass is 127. The Balaban J connectivity index is 0.00000392. The fourth-order valence-electron chi connectivity index (χ4n) is 2.49. The van der Waals surface area contributed by atoms with Gasteiger partial charge in [-0.05, 0) is 48.7 Å². The lowest BCUT2D eigenvalue weighted by atomic mass is 10.2. The van der Waals surface area contributed by atoms with Gasteiger partial charge in [0.1, 0.15) is 5.82 Å². The maximum Gasteiger partial charge on any atom is 0.224 e. The van der Waals surface area contributed by atoms with E-state index < -0.39 is 0 Å². The molecular formula is C21H28FIN4O. The fraction of sp³-hybridized carbons (Fsp3) is 0.333. The molecule has 1 amide bonds. The first kappa shape index (κ1) is 23.9. The van der Waals surface area contributed by atoms with Gasteiger partial charge in [0.05, 0.1) is 6.54 Å². The van der Waals surface area contributed by atoms with Crippen LogP contribution in [0.5, 0.6) is 0 Å². The second-order valence-electron chi connectivity index (χ2n) is 6.17. The van der Waals surface area contributed by atoms with E-state index in [0.29, 0.717) is 25.5 Å². The third kappa shape index (κ3) is 8.69. The first-order valence-electron chi connectivity index (χ1n) is 9.26. The average Bonchev–Trinajstić information content (AvgIpc) is 2.65. The lowest BCUT2D eigenvalue weighted by molar-refractivity contribution is -0.116. The summed E-state index contributed by atoms with van der Waals surface area (Å²) in [7, 11) is 0. The van der Waals surface area contributed by atoms with E-state index in [4.69, 9.17) is 0 Å². The molecule has 0 atom stereocenters. The molecule has 0 spiro atoms. The van der Waals surface area contributed by atoms with Crippen molar-refractivity contribution in [3.05, 3.63) is 65.5 Å². The third-order valence-electron chi connectivity index (χ3n) is 3.83. The summed E-state index contributed by atoms with van der Waals surface area (Å²) in [4.78, 5) is 16.1. The SMILES string of the molecule is CCCC(=O)Nc1ccc(CNC(=NCc2cccc(F)c2)NCC)cc1.I. The molecule has 0 saturated carbocycles. The van der Waals surface area contributed by atoms with Crippen LogP contribution in [0.1, 0.15) is 37.8 Å². The van der Waals surface area contributed by atoms with Crippen LogP contribution in [0.2, 0.25) is 0 Å². The number of hydrogen-bond acceptors (Lipinski definition) is 2. The number of carbonyl (C=O) groups is 1. The van der Waals surface area contributed by atoms with Gasteiger partial charge in [-0.15, -0.1) is 24.0 Å². The lowest BCUT2D eigenvalue weighted by Crippen LogP contribution is -2.36. The molecule has 3 N–H and O–H groups in total. The number of nitrogens with zero attached hydrogens (tertiary/aromatic N) is 1. The number of carbonyl (C=O) groups excluding carboxylic acids is 1. The molecule has 0 saturated heterocycles. The van der Waals surface area contributed by atoms with Gasteiger partial charge >= 0.3 is 0 Å². The summed E-state index contributed by atoms with van der Waals surface area (Å²) >= 11 is 0. The molecule has 0 aliphatic carbocycles. The minimum Gasteiger partial charge on any atom is -0.357 e. The first-order chi connectivity index (χ1) is 13.1. The highest BCUT2D eigenvalue weighted by Gasteiger charge is 2.02. The minimum absolute atomic E-state index is 0. The second kappa shape index (κ2) is 13.1. The zero-order valence-electron chi connectivity index (χ0n) is 16.3. The molecule has 2 aromatic rings. The van der Waals surface area contributed by atoms with Crippen molar-refractivity contribution >= 4 is 41.5 Å². The Bertz CT molecular complexity index is 765. The summed E-state index contributed by atoms with van der Waals surface area (Å²) in [6.07, 6.45) is 1.35. The van der Waals surface area contributed by atoms with Crippen molar-refractivity contribution in [1.29, 1.82) is 0 Å². The van der Waals surface area contributed by atoms with Crippen molar-refractivity contribution in [2.24, 2.45) is 4.99 Å². The average molecular weight is 498 g/mol. The number of rotatable bonds is 8. The molecule has 0 aliphatic rings.